The lowest BCUT2D eigenvalue weighted by Crippen LogP contribution is -2.43. The highest BCUT2D eigenvalue weighted by molar-refractivity contribution is 7.12. The molecule has 0 fully saturated rings. The van der Waals surface area contributed by atoms with Crippen LogP contribution in [0.3, 0.4) is 0 Å². The number of carboxylic acid groups (broad SMARTS) is 2. The average molecular weight is 579 g/mol. The van der Waals surface area contributed by atoms with Crippen LogP contribution in [-0.4, -0.2) is 50.9 Å². The van der Waals surface area contributed by atoms with E-state index in [9.17, 15) is 29.4 Å². The molecule has 41 heavy (non-hydrogen) atoms. The van der Waals surface area contributed by atoms with Gasteiger partial charge in [0.15, 0.2) is 5.96 Å². The summed E-state index contributed by atoms with van der Waals surface area (Å²) in [4.78, 5) is 54.4. The highest BCUT2D eigenvalue weighted by atomic mass is 32.1. The largest absolute Gasteiger partial charge is 0.480 e. The molecule has 1 aliphatic carbocycles. The van der Waals surface area contributed by atoms with Gasteiger partial charge in [-0.1, -0.05) is 6.07 Å². The number of rotatable bonds is 10. The second-order valence-electron chi connectivity index (χ2n) is 9.79. The maximum atomic E-state index is 13.4. The van der Waals surface area contributed by atoms with Crippen LogP contribution in [0.25, 0.3) is 0 Å². The van der Waals surface area contributed by atoms with Crippen molar-refractivity contribution in [3.8, 4) is 5.75 Å². The van der Waals surface area contributed by atoms with E-state index >= 15 is 0 Å². The minimum Gasteiger partial charge on any atom is -0.480 e. The van der Waals surface area contributed by atoms with E-state index in [2.05, 4.69) is 4.99 Å². The number of carboxylic acids is 2. The molecule has 0 radical (unpaired) electrons. The van der Waals surface area contributed by atoms with E-state index in [1.807, 2.05) is 6.07 Å². The molecule has 1 unspecified atom stereocenters. The van der Waals surface area contributed by atoms with Crippen molar-refractivity contribution in [2.45, 2.75) is 51.1 Å². The highest BCUT2D eigenvalue weighted by Crippen LogP contribution is 2.37. The number of hydrogen-bond donors (Lipinski definition) is 4. The molecule has 12 heteroatoms. The van der Waals surface area contributed by atoms with E-state index in [0.717, 1.165) is 41.7 Å². The number of carbonyl (C=O) groups is 4. The number of aliphatic carboxylic acids is 1. The number of amides is 1. The number of aliphatic imine (C=N–C) groups is 1. The lowest BCUT2D eigenvalue weighted by molar-refractivity contribution is -0.150. The number of aromatic carboxylic acids is 1. The molecule has 1 aliphatic rings. The lowest BCUT2D eigenvalue weighted by Gasteiger charge is -2.30. The van der Waals surface area contributed by atoms with Crippen LogP contribution < -0.4 is 16.2 Å². The van der Waals surface area contributed by atoms with Gasteiger partial charge in [0, 0.05) is 13.0 Å². The van der Waals surface area contributed by atoms with Crippen LogP contribution in [0.4, 0.5) is 5.69 Å². The van der Waals surface area contributed by atoms with Gasteiger partial charge in [-0.05, 0) is 96.6 Å². The number of aryl methyl sites for hydroxylation is 1. The Hall–Kier alpha value is -4.71. The maximum Gasteiger partial charge on any atom is 0.345 e. The van der Waals surface area contributed by atoms with Crippen molar-refractivity contribution in [3.63, 3.8) is 0 Å². The number of guanidine groups is 1. The van der Waals surface area contributed by atoms with Crippen molar-refractivity contribution >= 4 is 46.8 Å². The number of benzene rings is 2. The molecule has 2 atom stereocenters. The number of esters is 1. The van der Waals surface area contributed by atoms with Gasteiger partial charge in [0.1, 0.15) is 16.7 Å². The monoisotopic (exact) mass is 578 g/mol. The van der Waals surface area contributed by atoms with Crippen LogP contribution in [0.1, 0.15) is 68.8 Å². The number of nitrogens with two attached hydrogens (primary N) is 2. The van der Waals surface area contributed by atoms with Crippen molar-refractivity contribution in [3.05, 3.63) is 81.0 Å². The van der Waals surface area contributed by atoms with Crippen molar-refractivity contribution in [1.29, 1.82) is 0 Å². The second kappa shape index (κ2) is 12.6. The molecule has 214 valence electrons. The zero-order valence-electron chi connectivity index (χ0n) is 22.3. The molecular formula is C29H30N4O7S. The van der Waals surface area contributed by atoms with Gasteiger partial charge in [0.25, 0.3) is 0 Å². The van der Waals surface area contributed by atoms with E-state index in [1.54, 1.807) is 41.8 Å². The summed E-state index contributed by atoms with van der Waals surface area (Å²) in [7, 11) is 0. The Bertz CT molecular complexity index is 1500. The fourth-order valence-electron chi connectivity index (χ4n) is 4.82. The molecule has 6 N–H and O–H groups in total. The Balaban J connectivity index is 1.47. The number of hydrogen-bond acceptors (Lipinski definition) is 7. The Labute approximate surface area is 240 Å². The van der Waals surface area contributed by atoms with E-state index in [1.165, 1.54) is 17.9 Å². The Kier molecular flexibility index (Phi) is 9.03. The Morgan fingerprint density at radius 2 is 1.83 bits per heavy atom. The van der Waals surface area contributed by atoms with Crippen LogP contribution in [0, 0.1) is 0 Å². The van der Waals surface area contributed by atoms with E-state index in [0.29, 0.717) is 22.6 Å². The van der Waals surface area contributed by atoms with Gasteiger partial charge in [-0.15, -0.1) is 11.3 Å². The van der Waals surface area contributed by atoms with E-state index in [4.69, 9.17) is 16.2 Å². The second-order valence-corrected chi connectivity index (χ2v) is 10.7. The normalized spacial score (nSPS) is 14.8. The molecule has 0 spiro atoms. The summed E-state index contributed by atoms with van der Waals surface area (Å²) < 4.78 is 5.58. The summed E-state index contributed by atoms with van der Waals surface area (Å²) in [6, 6.07) is 12.0. The first-order valence-electron chi connectivity index (χ1n) is 12.9. The first-order valence-corrected chi connectivity index (χ1v) is 13.8. The first kappa shape index (κ1) is 29.3. The minimum atomic E-state index is -1.14. The number of thiophene rings is 1. The first-order chi connectivity index (χ1) is 19.5. The third-order valence-electron chi connectivity index (χ3n) is 6.91. The van der Waals surface area contributed by atoms with Crippen LogP contribution >= 0.6 is 11.3 Å². The Morgan fingerprint density at radius 3 is 2.46 bits per heavy atom. The molecule has 0 saturated carbocycles. The van der Waals surface area contributed by atoms with Gasteiger partial charge in [-0.2, -0.15) is 0 Å². The number of fused-ring (bicyclic) bond motifs is 1. The van der Waals surface area contributed by atoms with Crippen LogP contribution in [0.5, 0.6) is 5.75 Å². The van der Waals surface area contributed by atoms with E-state index in [-0.39, 0.29) is 35.6 Å². The zero-order valence-corrected chi connectivity index (χ0v) is 23.1. The summed E-state index contributed by atoms with van der Waals surface area (Å²) in [5, 5.41) is 20.5. The number of carbonyl (C=O) groups excluding carboxylic acids is 2. The predicted molar refractivity (Wildman–Crippen MR) is 153 cm³/mol. The van der Waals surface area contributed by atoms with Gasteiger partial charge >= 0.3 is 17.9 Å². The predicted octanol–water partition coefficient (Wildman–Crippen LogP) is 3.88. The molecule has 2 aromatic carbocycles. The molecule has 4 rings (SSSR count). The average Bonchev–Trinajstić information content (AvgIpc) is 3.40. The summed E-state index contributed by atoms with van der Waals surface area (Å²) in [6.07, 6.45) is 2.41. The maximum absolute atomic E-state index is 13.4. The molecule has 11 nitrogen and oxygen atoms in total. The molecule has 3 aromatic rings. The van der Waals surface area contributed by atoms with Crippen LogP contribution in [0.15, 0.2) is 58.9 Å². The molecule has 0 bridgehead atoms. The standard InChI is InChI=1S/C29H30N4O7S/c1-16(26(35)36)33(14-17-11-24(27(37)38)41-15-17)25(34)13-20-4-2-3-19-12-22(9-10-23(19)20)40-28(39)18-5-7-21(8-6-18)32-29(30)31/h5-12,15-16,20H,2-4,13-14H2,1H3,(H,35,36)(H,37,38)(H4,30,31,32)/t16-,20?/m1/s1. The SMILES string of the molecule is C[C@H](C(=O)O)N(Cc1csc(C(=O)O)c1)C(=O)CC1CCCc2cc(OC(=O)c3ccc(N=C(N)N)cc3)ccc21. The molecule has 1 amide bonds. The third-order valence-corrected chi connectivity index (χ3v) is 7.88. The van der Waals surface area contributed by atoms with Crippen molar-refractivity contribution in [2.24, 2.45) is 16.5 Å². The number of nitrogens with zero attached hydrogens (tertiary/aromatic N) is 2. The minimum absolute atomic E-state index is 0.00250. The van der Waals surface area contributed by atoms with Crippen LogP contribution in [-0.2, 0) is 22.6 Å². The van der Waals surface area contributed by atoms with Crippen LogP contribution in [0.2, 0.25) is 0 Å². The smallest absolute Gasteiger partial charge is 0.345 e. The lowest BCUT2D eigenvalue weighted by atomic mass is 9.80. The number of ether oxygens (including phenoxy) is 1. The summed E-state index contributed by atoms with van der Waals surface area (Å²) in [5.41, 5.74) is 14.1. The molecule has 1 aromatic heterocycles. The van der Waals surface area contributed by atoms with Crippen molar-refractivity contribution in [2.75, 3.05) is 0 Å². The van der Waals surface area contributed by atoms with Gasteiger partial charge < -0.3 is 31.3 Å². The molecule has 0 saturated heterocycles. The molecule has 0 aliphatic heterocycles. The molecule has 1 heterocycles. The third kappa shape index (κ3) is 7.28. The van der Waals surface area contributed by atoms with E-state index < -0.39 is 23.9 Å². The van der Waals surface area contributed by atoms with Crippen molar-refractivity contribution < 1.29 is 34.1 Å². The quantitative estimate of drug-likeness (QED) is 0.120. The molecular weight excluding hydrogens is 548 g/mol. The van der Waals surface area contributed by atoms with Crippen molar-refractivity contribution in [1.82, 2.24) is 4.90 Å². The topological polar surface area (TPSA) is 186 Å². The summed E-state index contributed by atoms with van der Waals surface area (Å²) in [5.74, 6) is -2.94. The zero-order chi connectivity index (χ0) is 29.7. The van der Waals surface area contributed by atoms with Gasteiger partial charge in [-0.3, -0.25) is 4.79 Å². The van der Waals surface area contributed by atoms with Gasteiger partial charge in [0.2, 0.25) is 5.91 Å². The van der Waals surface area contributed by atoms with Gasteiger partial charge in [0.05, 0.1) is 11.3 Å². The van der Waals surface area contributed by atoms with Gasteiger partial charge in [-0.25, -0.2) is 19.4 Å². The fraction of sp³-hybridized carbons (Fsp3) is 0.276. The highest BCUT2D eigenvalue weighted by Gasteiger charge is 2.30. The summed E-state index contributed by atoms with van der Waals surface area (Å²) >= 11 is 1.03. The summed E-state index contributed by atoms with van der Waals surface area (Å²) in [6.45, 7) is 1.44. The fourth-order valence-corrected chi connectivity index (χ4v) is 5.56. The Morgan fingerprint density at radius 1 is 1.10 bits per heavy atom.